The molecule has 0 saturated heterocycles. The van der Waals surface area contributed by atoms with Crippen LogP contribution >= 0.6 is 48.9 Å². The fourth-order valence-corrected chi connectivity index (χ4v) is 46.2. The molecule has 0 spiro atoms. The van der Waals surface area contributed by atoms with Gasteiger partial charge in [-0.25, -0.2) is 0 Å². The molecular weight excluding hydrogens is 832 g/mol. The summed E-state index contributed by atoms with van der Waals surface area (Å²) >= 11 is -0.842. The fraction of sp³-hybridized carbons (Fsp3) is 0.429. The van der Waals surface area contributed by atoms with Gasteiger partial charge in [-0.05, 0) is 0 Å². The summed E-state index contributed by atoms with van der Waals surface area (Å²) in [4.78, 5) is 0. The molecule has 2 aromatic carbocycles. The third-order valence-corrected chi connectivity index (χ3v) is 70.6. The number of rotatable bonds is 5. The topological polar surface area (TPSA) is 0 Å². The maximum atomic E-state index is 8.38. The first-order chi connectivity index (χ1) is 16.3. The van der Waals surface area contributed by atoms with Crippen LogP contribution in [-0.4, -0.2) is 32.5 Å². The molecule has 2 aliphatic carbocycles. The molecule has 2 unspecified atom stereocenters. The van der Waals surface area contributed by atoms with E-state index in [0.717, 1.165) is 0 Å². The Bertz CT molecular complexity index is 1240. The predicted molar refractivity (Wildman–Crippen MR) is 178 cm³/mol. The molecule has 0 aromatic heterocycles. The normalized spacial score (nSPS) is 21.1. The molecule has 2 aromatic rings. The summed E-state index contributed by atoms with van der Waals surface area (Å²) in [5.74, 6) is 13.3. The summed E-state index contributed by atoms with van der Waals surface area (Å²) in [5, 5.41) is 0. The number of halogens is 4. The van der Waals surface area contributed by atoms with E-state index >= 15 is 0 Å². The van der Waals surface area contributed by atoms with Gasteiger partial charge in [-0.2, -0.15) is 0 Å². The average Bonchev–Trinajstić information content (AvgIpc) is 3.24. The first-order valence-corrected chi connectivity index (χ1v) is 45.5. The second-order valence-electron chi connectivity index (χ2n) is 13.4. The standard InChI is InChI=1S/2C13H16BrGe.C2H7Si.2ClH.Zr/c2*1-9-5-10-7-11(15(2,3)4)8-13(14)12(10)6-9;1-3-2;;;/h2*5-8H,1-4H3;3H,1-2H3;2*1H;/q;;;;;+2/p-2. The molecule has 0 heterocycles. The van der Waals surface area contributed by atoms with Gasteiger partial charge in [0.05, 0.1) is 0 Å². The molecule has 0 fully saturated rings. The summed E-state index contributed by atoms with van der Waals surface area (Å²) in [6.45, 7) is 9.44. The zero-order chi connectivity index (χ0) is 27.2. The van der Waals surface area contributed by atoms with Crippen LogP contribution in [0.3, 0.4) is 0 Å². The van der Waals surface area contributed by atoms with Crippen molar-refractivity contribution in [2.75, 3.05) is 0 Å². The van der Waals surface area contributed by atoms with Crippen LogP contribution in [0.1, 0.15) is 43.4 Å². The first-order valence-electron chi connectivity index (χ1n) is 12.9. The molecule has 2 aliphatic rings. The van der Waals surface area contributed by atoms with E-state index in [4.69, 9.17) is 17.0 Å². The van der Waals surface area contributed by atoms with E-state index in [1.807, 2.05) is 0 Å². The second-order valence-corrected chi connectivity index (χ2v) is 79.0. The van der Waals surface area contributed by atoms with E-state index in [1.54, 1.807) is 0 Å². The Labute approximate surface area is 249 Å². The van der Waals surface area contributed by atoms with Crippen molar-refractivity contribution >= 4 is 102 Å². The van der Waals surface area contributed by atoms with Gasteiger partial charge < -0.3 is 0 Å². The summed E-state index contributed by atoms with van der Waals surface area (Å²) in [7, 11) is 16.8. The van der Waals surface area contributed by atoms with Crippen LogP contribution in [0.5, 0.6) is 0 Å². The molecule has 0 N–H and O–H groups in total. The minimum absolute atomic E-state index is 0.162. The third-order valence-electron chi connectivity index (χ3n) is 8.54. The van der Waals surface area contributed by atoms with Crippen molar-refractivity contribution in [3.05, 3.63) is 66.6 Å². The Morgan fingerprint density at radius 2 is 1.03 bits per heavy atom. The van der Waals surface area contributed by atoms with E-state index in [0.29, 0.717) is 0 Å². The van der Waals surface area contributed by atoms with Crippen LogP contribution < -0.4 is 8.79 Å². The molecule has 0 bridgehead atoms. The van der Waals surface area contributed by atoms with E-state index in [-0.39, 0.29) is 7.25 Å². The molecule has 0 nitrogen and oxygen atoms in total. The van der Waals surface area contributed by atoms with Crippen LogP contribution in [0.4, 0.5) is 0 Å². The first kappa shape index (κ1) is 30.6. The Balaban J connectivity index is 2.04. The van der Waals surface area contributed by atoms with Crippen molar-refractivity contribution < 1.29 is 15.6 Å². The van der Waals surface area contributed by atoms with Crippen molar-refractivity contribution in [2.24, 2.45) is 0 Å². The average molecular weight is 871 g/mol. The minimum atomic E-state index is -4.60. The van der Waals surface area contributed by atoms with Crippen molar-refractivity contribution in [3.8, 4) is 0 Å². The Morgan fingerprint density at radius 3 is 1.31 bits per heavy atom. The molecule has 0 aliphatic heterocycles. The summed E-state index contributed by atoms with van der Waals surface area (Å²) < 4.78 is 5.78. The van der Waals surface area contributed by atoms with Gasteiger partial charge in [0.25, 0.3) is 0 Å². The van der Waals surface area contributed by atoms with Crippen molar-refractivity contribution in [2.45, 2.75) is 68.7 Å². The van der Waals surface area contributed by atoms with Gasteiger partial charge in [-0.1, -0.05) is 0 Å². The third kappa shape index (κ3) is 4.88. The number of hydrogen-bond acceptors (Lipinski definition) is 0. The Kier molecular flexibility index (Phi) is 8.40. The quantitative estimate of drug-likeness (QED) is 0.263. The molecule has 36 heavy (non-hydrogen) atoms. The molecule has 0 amide bonds. The second kappa shape index (κ2) is 9.88. The van der Waals surface area contributed by atoms with Gasteiger partial charge in [0, 0.05) is 0 Å². The molecule has 2 atom stereocenters. The molecular formula is C28H39Br2Cl2Ge2SiZr. The molecule has 0 saturated carbocycles. The predicted octanol–water partition coefficient (Wildman–Crippen LogP) is 9.90. The SMILES string of the molecule is CC1=Cc2c(Br)c[c]([Ge]([CH3])([CH3])[CH3])cc2[CH]1[Zr]([Cl])([Cl])([CH]1C(C)=Cc2c(Br)c[c]([Ge]([CH3])([CH3])[CH3])cc21)[SiH](C)C. The van der Waals surface area contributed by atoms with Crippen LogP contribution in [0.15, 0.2) is 44.4 Å². The van der Waals surface area contributed by atoms with Gasteiger partial charge in [0.1, 0.15) is 0 Å². The Morgan fingerprint density at radius 1 is 0.694 bits per heavy atom. The Hall–Kier alpha value is 1.65. The van der Waals surface area contributed by atoms with Gasteiger partial charge in [0.2, 0.25) is 0 Å². The van der Waals surface area contributed by atoms with E-state index in [2.05, 4.69) is 130 Å². The van der Waals surface area contributed by atoms with E-state index in [9.17, 15) is 0 Å². The number of fused-ring (bicyclic) bond motifs is 2. The molecule has 8 heteroatoms. The zero-order valence-corrected chi connectivity index (χ0v) is 35.7. The zero-order valence-electron chi connectivity index (χ0n) is 23.2. The summed E-state index contributed by atoms with van der Waals surface area (Å²) in [6.07, 6.45) is 4.76. The molecule has 0 radical (unpaired) electrons. The summed E-state index contributed by atoms with van der Waals surface area (Å²) in [6, 6.07) is 9.77. The number of allylic oxidation sites excluding steroid dienone is 2. The van der Waals surface area contributed by atoms with Gasteiger partial charge in [0.15, 0.2) is 0 Å². The van der Waals surface area contributed by atoms with E-state index < -0.39 is 48.0 Å². The van der Waals surface area contributed by atoms with Gasteiger partial charge in [-0.15, -0.1) is 0 Å². The van der Waals surface area contributed by atoms with Gasteiger partial charge in [-0.3, -0.25) is 0 Å². The number of hydrogen-bond donors (Lipinski definition) is 0. The number of benzene rings is 2. The van der Waals surface area contributed by atoms with Crippen LogP contribution in [0, 0.1) is 0 Å². The van der Waals surface area contributed by atoms with E-state index in [1.165, 1.54) is 51.1 Å². The monoisotopic (exact) mass is 869 g/mol. The molecule has 4 rings (SSSR count). The van der Waals surface area contributed by atoms with Crippen LogP contribution in [0.25, 0.3) is 12.2 Å². The molecule has 195 valence electrons. The fourth-order valence-electron chi connectivity index (χ4n) is 6.34. The maximum absolute atomic E-state index is 8.38. The van der Waals surface area contributed by atoms with Crippen molar-refractivity contribution in [1.29, 1.82) is 0 Å². The summed E-state index contributed by atoms with van der Waals surface area (Å²) in [5.41, 5.74) is 8.16. The van der Waals surface area contributed by atoms with Crippen molar-refractivity contribution in [1.82, 2.24) is 0 Å². The van der Waals surface area contributed by atoms with Crippen LogP contribution in [0.2, 0.25) is 47.6 Å². The van der Waals surface area contributed by atoms with Crippen LogP contribution in [-0.2, 0) is 15.6 Å². The van der Waals surface area contributed by atoms with Crippen molar-refractivity contribution in [3.63, 3.8) is 0 Å². The van der Waals surface area contributed by atoms with Gasteiger partial charge >= 0.3 is 253 Å².